The van der Waals surface area contributed by atoms with E-state index >= 15 is 0 Å². The number of hydrogen-bond donors (Lipinski definition) is 1. The van der Waals surface area contributed by atoms with Crippen LogP contribution in [0.15, 0.2) is 24.3 Å². The van der Waals surface area contributed by atoms with E-state index < -0.39 is 0 Å². The van der Waals surface area contributed by atoms with Gasteiger partial charge in [-0.3, -0.25) is 4.79 Å². The van der Waals surface area contributed by atoms with Crippen molar-refractivity contribution >= 4 is 23.4 Å². The SMILES string of the molecule is CCC(CSC)N(C)C(=O)[C@@H]1Cc2ccccc2N1. The largest absolute Gasteiger partial charge is 0.373 e. The van der Waals surface area contributed by atoms with Crippen molar-refractivity contribution in [2.75, 3.05) is 24.4 Å². The van der Waals surface area contributed by atoms with E-state index in [-0.39, 0.29) is 11.9 Å². The van der Waals surface area contributed by atoms with Gasteiger partial charge in [-0.15, -0.1) is 0 Å². The Morgan fingerprint density at radius 1 is 1.53 bits per heavy atom. The second-order valence-electron chi connectivity index (χ2n) is 5.02. The Kier molecular flexibility index (Phi) is 4.75. The lowest BCUT2D eigenvalue weighted by atomic mass is 10.1. The standard InChI is InChI=1S/C15H22N2OS/c1-4-12(10-19-3)17(2)15(18)14-9-11-7-5-6-8-13(11)16-14/h5-8,12,14,16H,4,9-10H2,1-3H3/t12?,14-/m0/s1. The minimum Gasteiger partial charge on any atom is -0.373 e. The van der Waals surface area contributed by atoms with Gasteiger partial charge in [0.25, 0.3) is 0 Å². The van der Waals surface area contributed by atoms with E-state index in [0.717, 1.165) is 24.3 Å². The molecule has 2 atom stereocenters. The maximum atomic E-state index is 12.5. The highest BCUT2D eigenvalue weighted by atomic mass is 32.2. The number of amides is 1. The number of hydrogen-bond acceptors (Lipinski definition) is 3. The van der Waals surface area contributed by atoms with Gasteiger partial charge in [-0.1, -0.05) is 25.1 Å². The van der Waals surface area contributed by atoms with Gasteiger partial charge >= 0.3 is 0 Å². The van der Waals surface area contributed by atoms with Crippen LogP contribution in [0.1, 0.15) is 18.9 Å². The number of para-hydroxylation sites is 1. The summed E-state index contributed by atoms with van der Waals surface area (Å²) in [5.41, 5.74) is 2.35. The number of benzene rings is 1. The molecule has 0 fully saturated rings. The van der Waals surface area contributed by atoms with Crippen LogP contribution in [-0.4, -0.2) is 41.9 Å². The van der Waals surface area contributed by atoms with E-state index in [2.05, 4.69) is 24.6 Å². The van der Waals surface area contributed by atoms with Crippen LogP contribution >= 0.6 is 11.8 Å². The molecule has 1 amide bonds. The van der Waals surface area contributed by atoms with Crippen molar-refractivity contribution in [3.8, 4) is 0 Å². The third-order valence-electron chi connectivity index (χ3n) is 3.79. The van der Waals surface area contributed by atoms with Crippen molar-refractivity contribution in [1.82, 2.24) is 4.90 Å². The number of carbonyl (C=O) groups excluding carboxylic acids is 1. The van der Waals surface area contributed by atoms with Gasteiger partial charge in [0, 0.05) is 31.0 Å². The van der Waals surface area contributed by atoms with Gasteiger partial charge in [-0.2, -0.15) is 11.8 Å². The molecule has 19 heavy (non-hydrogen) atoms. The first-order chi connectivity index (χ1) is 9.17. The molecule has 0 saturated heterocycles. The van der Waals surface area contributed by atoms with Crippen LogP contribution < -0.4 is 5.32 Å². The van der Waals surface area contributed by atoms with Crippen molar-refractivity contribution < 1.29 is 4.79 Å². The number of nitrogens with one attached hydrogen (secondary N) is 1. The van der Waals surface area contributed by atoms with Gasteiger partial charge < -0.3 is 10.2 Å². The van der Waals surface area contributed by atoms with Crippen LogP contribution in [0.3, 0.4) is 0 Å². The molecular formula is C15H22N2OS. The second-order valence-corrected chi connectivity index (χ2v) is 5.94. The highest BCUT2D eigenvalue weighted by Crippen LogP contribution is 2.26. The molecule has 104 valence electrons. The quantitative estimate of drug-likeness (QED) is 0.898. The molecule has 1 aromatic rings. The average molecular weight is 278 g/mol. The molecule has 1 aromatic carbocycles. The van der Waals surface area contributed by atoms with Gasteiger partial charge in [0.1, 0.15) is 6.04 Å². The molecule has 0 bridgehead atoms. The lowest BCUT2D eigenvalue weighted by Gasteiger charge is -2.29. The summed E-state index contributed by atoms with van der Waals surface area (Å²) in [5.74, 6) is 1.20. The lowest BCUT2D eigenvalue weighted by Crippen LogP contribution is -2.46. The van der Waals surface area contributed by atoms with Crippen molar-refractivity contribution in [3.05, 3.63) is 29.8 Å². The summed E-state index contributed by atoms with van der Waals surface area (Å²) >= 11 is 1.80. The van der Waals surface area contributed by atoms with Crippen LogP contribution in [0.2, 0.25) is 0 Å². The van der Waals surface area contributed by atoms with E-state index in [9.17, 15) is 4.79 Å². The average Bonchev–Trinajstić information content (AvgIpc) is 2.87. The molecule has 1 aliphatic heterocycles. The molecule has 0 aliphatic carbocycles. The fraction of sp³-hybridized carbons (Fsp3) is 0.533. The topological polar surface area (TPSA) is 32.3 Å². The fourth-order valence-corrected chi connectivity index (χ4v) is 3.41. The summed E-state index contributed by atoms with van der Waals surface area (Å²) in [6.45, 7) is 2.14. The maximum absolute atomic E-state index is 12.5. The van der Waals surface area contributed by atoms with Gasteiger partial charge in [0.2, 0.25) is 5.91 Å². The highest BCUT2D eigenvalue weighted by Gasteiger charge is 2.30. The van der Waals surface area contributed by atoms with Gasteiger partial charge in [-0.05, 0) is 24.3 Å². The first-order valence-corrected chi connectivity index (χ1v) is 8.16. The third-order valence-corrected chi connectivity index (χ3v) is 4.51. The number of anilines is 1. The molecule has 2 rings (SSSR count). The summed E-state index contributed by atoms with van der Waals surface area (Å²) in [6.07, 6.45) is 3.89. The lowest BCUT2D eigenvalue weighted by molar-refractivity contribution is -0.132. The summed E-state index contributed by atoms with van der Waals surface area (Å²) in [7, 11) is 1.93. The Hall–Kier alpha value is -1.16. The zero-order valence-electron chi connectivity index (χ0n) is 11.8. The second kappa shape index (κ2) is 6.33. The molecule has 3 nitrogen and oxygen atoms in total. The number of carbonyl (C=O) groups is 1. The molecule has 1 N–H and O–H groups in total. The summed E-state index contributed by atoms with van der Waals surface area (Å²) in [6, 6.07) is 8.40. The normalized spacial score (nSPS) is 18.6. The van der Waals surface area contributed by atoms with Gasteiger partial charge in [0.05, 0.1) is 0 Å². The van der Waals surface area contributed by atoms with E-state index in [1.54, 1.807) is 11.8 Å². The number of thioether (sulfide) groups is 1. The monoisotopic (exact) mass is 278 g/mol. The Labute approximate surface area is 119 Å². The minimum absolute atomic E-state index is 0.0988. The van der Waals surface area contributed by atoms with Crippen LogP contribution in [0, 0.1) is 0 Å². The zero-order valence-corrected chi connectivity index (χ0v) is 12.7. The fourth-order valence-electron chi connectivity index (χ4n) is 2.57. The number of nitrogens with zero attached hydrogens (tertiary/aromatic N) is 1. The molecule has 0 aromatic heterocycles. The zero-order chi connectivity index (χ0) is 13.8. The Balaban J connectivity index is 2.02. The predicted octanol–water partition coefficient (Wildman–Crippen LogP) is 2.62. The van der Waals surface area contributed by atoms with E-state index in [1.807, 2.05) is 30.1 Å². The summed E-state index contributed by atoms with van der Waals surface area (Å²) < 4.78 is 0. The molecule has 0 saturated carbocycles. The molecular weight excluding hydrogens is 256 g/mol. The minimum atomic E-state index is -0.0988. The maximum Gasteiger partial charge on any atom is 0.245 e. The van der Waals surface area contributed by atoms with Crippen molar-refractivity contribution in [3.63, 3.8) is 0 Å². The first kappa shape index (κ1) is 14.3. The smallest absolute Gasteiger partial charge is 0.245 e. The predicted molar refractivity (Wildman–Crippen MR) is 82.8 cm³/mol. The van der Waals surface area contributed by atoms with Crippen LogP contribution in [0.25, 0.3) is 0 Å². The number of fused-ring (bicyclic) bond motifs is 1. The van der Waals surface area contributed by atoms with Gasteiger partial charge in [0.15, 0.2) is 0 Å². The van der Waals surface area contributed by atoms with Crippen molar-refractivity contribution in [1.29, 1.82) is 0 Å². The van der Waals surface area contributed by atoms with E-state index in [4.69, 9.17) is 0 Å². The number of rotatable bonds is 5. The van der Waals surface area contributed by atoms with E-state index in [1.165, 1.54) is 5.56 Å². The van der Waals surface area contributed by atoms with Crippen LogP contribution in [0.5, 0.6) is 0 Å². The van der Waals surface area contributed by atoms with Crippen LogP contribution in [0.4, 0.5) is 5.69 Å². The molecule has 0 spiro atoms. The first-order valence-electron chi connectivity index (χ1n) is 6.77. The van der Waals surface area contributed by atoms with Crippen LogP contribution in [-0.2, 0) is 11.2 Å². The van der Waals surface area contributed by atoms with E-state index in [0.29, 0.717) is 6.04 Å². The molecule has 1 heterocycles. The molecule has 1 aliphatic rings. The van der Waals surface area contributed by atoms with Gasteiger partial charge in [-0.25, -0.2) is 0 Å². The Bertz CT molecular complexity index is 425. The Morgan fingerprint density at radius 2 is 2.26 bits per heavy atom. The van der Waals surface area contributed by atoms with Crippen molar-refractivity contribution in [2.45, 2.75) is 31.8 Å². The molecule has 0 radical (unpaired) electrons. The summed E-state index contributed by atoms with van der Waals surface area (Å²) in [5, 5.41) is 3.34. The summed E-state index contributed by atoms with van der Waals surface area (Å²) in [4.78, 5) is 14.5. The third kappa shape index (κ3) is 3.06. The Morgan fingerprint density at radius 3 is 2.89 bits per heavy atom. The molecule has 4 heteroatoms. The molecule has 1 unspecified atom stereocenters. The number of likely N-dealkylation sites (N-methyl/N-ethyl adjacent to an activating group) is 1. The highest BCUT2D eigenvalue weighted by molar-refractivity contribution is 7.98. The van der Waals surface area contributed by atoms with Crippen molar-refractivity contribution in [2.24, 2.45) is 0 Å².